The Balaban J connectivity index is 2.11. The number of rotatable bonds is 1. The lowest BCUT2D eigenvalue weighted by molar-refractivity contribution is -0.149. The molecule has 3 aliphatic rings. The van der Waals surface area contributed by atoms with Crippen molar-refractivity contribution in [3.8, 4) is 0 Å². The third-order valence-corrected chi connectivity index (χ3v) is 3.80. The molecule has 0 aromatic rings. The van der Waals surface area contributed by atoms with E-state index in [9.17, 15) is 8.78 Å². The summed E-state index contributed by atoms with van der Waals surface area (Å²) in [6, 6.07) is 0. The van der Waals surface area contributed by atoms with Crippen molar-refractivity contribution in [2.75, 3.05) is 0 Å². The van der Waals surface area contributed by atoms with E-state index in [0.29, 0.717) is 11.8 Å². The fourth-order valence-electron chi connectivity index (χ4n) is 3.00. The Bertz CT molecular complexity index is 177. The van der Waals surface area contributed by atoms with E-state index in [2.05, 4.69) is 6.92 Å². The summed E-state index contributed by atoms with van der Waals surface area (Å²) in [5, 5.41) is 0. The zero-order valence-electron chi connectivity index (χ0n) is 7.52. The van der Waals surface area contributed by atoms with Gasteiger partial charge in [-0.25, -0.2) is 8.78 Å². The highest BCUT2D eigenvalue weighted by atomic mass is 19.3. The van der Waals surface area contributed by atoms with Gasteiger partial charge in [0, 0.05) is 12.3 Å². The number of alkyl halides is 2. The van der Waals surface area contributed by atoms with E-state index in [1.807, 2.05) is 0 Å². The second-order valence-corrected chi connectivity index (χ2v) is 4.40. The molecule has 2 bridgehead atoms. The first-order valence-corrected chi connectivity index (χ1v) is 5.01. The molecule has 0 heterocycles. The minimum atomic E-state index is -2.32. The van der Waals surface area contributed by atoms with Crippen molar-refractivity contribution in [1.82, 2.24) is 0 Å². The van der Waals surface area contributed by atoms with Crippen molar-refractivity contribution in [3.63, 3.8) is 0 Å². The molecule has 3 unspecified atom stereocenters. The van der Waals surface area contributed by atoms with Crippen molar-refractivity contribution < 1.29 is 8.78 Å². The van der Waals surface area contributed by atoms with E-state index in [1.54, 1.807) is 0 Å². The normalized spacial score (nSPS) is 44.8. The fraction of sp³-hybridized carbons (Fsp3) is 1.00. The van der Waals surface area contributed by atoms with Crippen LogP contribution >= 0.6 is 0 Å². The quantitative estimate of drug-likeness (QED) is 0.571. The predicted molar refractivity (Wildman–Crippen MR) is 44.2 cm³/mol. The summed E-state index contributed by atoms with van der Waals surface area (Å²) in [7, 11) is 0. The van der Waals surface area contributed by atoms with Gasteiger partial charge in [-0.3, -0.25) is 0 Å². The van der Waals surface area contributed by atoms with E-state index in [-0.39, 0.29) is 12.3 Å². The molecule has 3 fully saturated rings. The number of hydrogen-bond acceptors (Lipinski definition) is 0. The first-order valence-electron chi connectivity index (χ1n) is 5.01. The highest BCUT2D eigenvalue weighted by molar-refractivity contribution is 4.95. The molecule has 3 saturated carbocycles. The van der Waals surface area contributed by atoms with Crippen LogP contribution in [0.1, 0.15) is 39.0 Å². The average Bonchev–Trinajstić information content (AvgIpc) is 2.03. The van der Waals surface area contributed by atoms with Gasteiger partial charge in [-0.05, 0) is 31.1 Å². The molecule has 0 aliphatic heterocycles. The molecule has 3 rings (SSSR count). The molecule has 0 amide bonds. The summed E-state index contributed by atoms with van der Waals surface area (Å²) >= 11 is 0. The van der Waals surface area contributed by atoms with Gasteiger partial charge in [0.2, 0.25) is 0 Å². The fourth-order valence-corrected chi connectivity index (χ4v) is 3.00. The molecular weight excluding hydrogens is 158 g/mol. The monoisotopic (exact) mass is 174 g/mol. The van der Waals surface area contributed by atoms with Crippen LogP contribution in [0.25, 0.3) is 0 Å². The number of fused-ring (bicyclic) bond motifs is 3. The molecule has 0 nitrogen and oxygen atoms in total. The van der Waals surface area contributed by atoms with Gasteiger partial charge in [0.05, 0.1) is 0 Å². The van der Waals surface area contributed by atoms with Crippen LogP contribution in [0.3, 0.4) is 0 Å². The minimum Gasteiger partial charge on any atom is -0.207 e. The summed E-state index contributed by atoms with van der Waals surface area (Å²) in [5.74, 6) is -1.68. The van der Waals surface area contributed by atoms with Crippen LogP contribution in [0.4, 0.5) is 8.78 Å². The number of hydrogen-bond donors (Lipinski definition) is 0. The Morgan fingerprint density at radius 2 is 2.08 bits per heavy atom. The largest absolute Gasteiger partial charge is 0.251 e. The molecule has 0 saturated heterocycles. The lowest BCUT2D eigenvalue weighted by Gasteiger charge is -2.46. The maximum atomic E-state index is 13.2. The van der Waals surface area contributed by atoms with Gasteiger partial charge in [0.1, 0.15) is 0 Å². The van der Waals surface area contributed by atoms with Crippen LogP contribution in [0.15, 0.2) is 0 Å². The Morgan fingerprint density at radius 3 is 2.50 bits per heavy atom. The zero-order valence-corrected chi connectivity index (χ0v) is 7.52. The topological polar surface area (TPSA) is 0 Å². The van der Waals surface area contributed by atoms with Crippen LogP contribution < -0.4 is 0 Å². The van der Waals surface area contributed by atoms with Crippen LogP contribution in [-0.4, -0.2) is 5.92 Å². The highest BCUT2D eigenvalue weighted by Gasteiger charge is 2.51. The van der Waals surface area contributed by atoms with Crippen molar-refractivity contribution in [3.05, 3.63) is 0 Å². The Labute approximate surface area is 72.3 Å². The maximum absolute atomic E-state index is 13.2. The van der Waals surface area contributed by atoms with Gasteiger partial charge >= 0.3 is 0 Å². The van der Waals surface area contributed by atoms with E-state index >= 15 is 0 Å². The van der Waals surface area contributed by atoms with Gasteiger partial charge in [-0.2, -0.15) is 0 Å². The molecule has 0 aromatic carbocycles. The molecule has 70 valence electrons. The number of halogens is 2. The highest BCUT2D eigenvalue weighted by Crippen LogP contribution is 2.53. The van der Waals surface area contributed by atoms with Crippen molar-refractivity contribution >= 4 is 0 Å². The summed E-state index contributed by atoms with van der Waals surface area (Å²) < 4.78 is 26.4. The molecule has 2 heteroatoms. The predicted octanol–water partition coefficient (Wildman–Crippen LogP) is 3.47. The average molecular weight is 174 g/mol. The van der Waals surface area contributed by atoms with Crippen LogP contribution in [-0.2, 0) is 0 Å². The van der Waals surface area contributed by atoms with Gasteiger partial charge in [-0.15, -0.1) is 0 Å². The second-order valence-electron chi connectivity index (χ2n) is 4.40. The second kappa shape index (κ2) is 2.68. The third-order valence-electron chi connectivity index (χ3n) is 3.80. The van der Waals surface area contributed by atoms with E-state index < -0.39 is 5.92 Å². The third kappa shape index (κ3) is 1.16. The van der Waals surface area contributed by atoms with Gasteiger partial charge < -0.3 is 0 Å². The van der Waals surface area contributed by atoms with Crippen molar-refractivity contribution in [2.24, 2.45) is 17.8 Å². The lowest BCUT2D eigenvalue weighted by atomic mass is 9.62. The molecule has 0 N–H and O–H groups in total. The molecule has 0 radical (unpaired) electrons. The summed E-state index contributed by atoms with van der Waals surface area (Å²) in [6.45, 7) is 2.13. The Morgan fingerprint density at radius 1 is 1.33 bits per heavy atom. The minimum absolute atomic E-state index is 0.177. The molecule has 3 atom stereocenters. The summed E-state index contributed by atoms with van der Waals surface area (Å²) in [4.78, 5) is 0. The molecular formula is C10H16F2. The van der Waals surface area contributed by atoms with Gasteiger partial charge in [0.25, 0.3) is 5.92 Å². The van der Waals surface area contributed by atoms with Crippen LogP contribution in [0.5, 0.6) is 0 Å². The first-order chi connectivity index (χ1) is 5.63. The SMILES string of the molecule is CCC1CC2CCC1CC2(F)F. The lowest BCUT2D eigenvalue weighted by Crippen LogP contribution is -2.45. The van der Waals surface area contributed by atoms with Gasteiger partial charge in [0.15, 0.2) is 0 Å². The Hall–Kier alpha value is -0.140. The summed E-state index contributed by atoms with van der Waals surface area (Å²) in [6.07, 6.45) is 3.88. The van der Waals surface area contributed by atoms with Crippen molar-refractivity contribution in [2.45, 2.75) is 45.0 Å². The maximum Gasteiger partial charge on any atom is 0.251 e. The molecule has 3 aliphatic carbocycles. The first kappa shape index (κ1) is 8.46. The smallest absolute Gasteiger partial charge is 0.207 e. The Kier molecular flexibility index (Phi) is 1.89. The molecule has 12 heavy (non-hydrogen) atoms. The van der Waals surface area contributed by atoms with E-state index in [4.69, 9.17) is 0 Å². The van der Waals surface area contributed by atoms with Crippen molar-refractivity contribution in [1.29, 1.82) is 0 Å². The molecule has 0 spiro atoms. The van der Waals surface area contributed by atoms with E-state index in [0.717, 1.165) is 25.7 Å². The van der Waals surface area contributed by atoms with E-state index in [1.165, 1.54) is 0 Å². The van der Waals surface area contributed by atoms with Gasteiger partial charge in [-0.1, -0.05) is 13.3 Å². The zero-order chi connectivity index (χ0) is 8.77. The standard InChI is InChI=1S/C10H16F2/c1-2-7-5-9-4-3-8(7)6-10(9,11)12/h7-9H,2-6H2,1H3. The molecule has 0 aromatic heterocycles. The van der Waals surface area contributed by atoms with Crippen LogP contribution in [0.2, 0.25) is 0 Å². The summed E-state index contributed by atoms with van der Waals surface area (Å²) in [5.41, 5.74) is 0. The van der Waals surface area contributed by atoms with Crippen LogP contribution in [0, 0.1) is 17.8 Å².